The van der Waals surface area contributed by atoms with Crippen molar-refractivity contribution in [3.8, 4) is 5.75 Å². The first kappa shape index (κ1) is 16.3. The monoisotopic (exact) mass is 301 g/mol. The smallest absolute Gasteiger partial charge is 0.332 e. The Hall–Kier alpha value is -1.79. The molecule has 7 heteroatoms. The van der Waals surface area contributed by atoms with Gasteiger partial charge < -0.3 is 20.3 Å². The van der Waals surface area contributed by atoms with Crippen LogP contribution >= 0.6 is 11.6 Å². The molecule has 1 amide bonds. The molecule has 0 saturated heterocycles. The Bertz CT molecular complexity index is 492. The summed E-state index contributed by atoms with van der Waals surface area (Å²) in [5, 5.41) is 20.3. The molecule has 0 heterocycles. The maximum atomic E-state index is 11.5. The third kappa shape index (κ3) is 5.46. The first-order valence-corrected chi connectivity index (χ1v) is 6.34. The molecule has 20 heavy (non-hydrogen) atoms. The summed E-state index contributed by atoms with van der Waals surface area (Å²) in [4.78, 5) is 21.8. The normalized spacial score (nSPS) is 11.8. The van der Waals surface area contributed by atoms with Gasteiger partial charge in [0.05, 0.1) is 5.02 Å². The van der Waals surface area contributed by atoms with Crippen LogP contribution in [-0.2, 0) is 9.59 Å². The van der Waals surface area contributed by atoms with Crippen LogP contribution in [0, 0.1) is 6.92 Å². The Labute approximate surface area is 121 Å². The number of amides is 1. The van der Waals surface area contributed by atoms with Crippen molar-refractivity contribution >= 4 is 23.5 Å². The highest BCUT2D eigenvalue weighted by atomic mass is 35.5. The Kier molecular flexibility index (Phi) is 6.27. The zero-order valence-electron chi connectivity index (χ0n) is 10.9. The molecule has 0 unspecified atom stereocenters. The van der Waals surface area contributed by atoms with Crippen molar-refractivity contribution in [2.45, 2.75) is 19.4 Å². The highest BCUT2D eigenvalue weighted by molar-refractivity contribution is 6.32. The summed E-state index contributed by atoms with van der Waals surface area (Å²) >= 11 is 5.91. The van der Waals surface area contributed by atoms with E-state index in [1.165, 1.54) is 0 Å². The van der Waals surface area contributed by atoms with E-state index in [0.29, 0.717) is 10.8 Å². The molecule has 0 saturated carbocycles. The van der Waals surface area contributed by atoms with E-state index >= 15 is 0 Å². The molecule has 0 aliphatic rings. The molecule has 0 aliphatic carbocycles. The van der Waals surface area contributed by atoms with Crippen molar-refractivity contribution in [1.29, 1.82) is 0 Å². The second-order valence-corrected chi connectivity index (χ2v) is 4.62. The number of rotatable bonds is 7. The predicted octanol–water partition coefficient (Wildman–Crippen LogP) is 0.979. The van der Waals surface area contributed by atoms with E-state index in [1.807, 2.05) is 13.0 Å². The number of aryl methyl sites for hydroxylation is 1. The van der Waals surface area contributed by atoms with Gasteiger partial charge in [-0.2, -0.15) is 0 Å². The van der Waals surface area contributed by atoms with Crippen molar-refractivity contribution in [2.24, 2.45) is 0 Å². The average Bonchev–Trinajstić information content (AvgIpc) is 2.39. The topological polar surface area (TPSA) is 95.9 Å². The molecule has 0 fully saturated rings. The highest BCUT2D eigenvalue weighted by Crippen LogP contribution is 2.24. The molecule has 0 bridgehead atoms. The first-order chi connectivity index (χ1) is 9.40. The van der Waals surface area contributed by atoms with Gasteiger partial charge in [-0.3, -0.25) is 4.79 Å². The Morgan fingerprint density at radius 2 is 2.15 bits per heavy atom. The molecule has 0 radical (unpaired) electrons. The molecule has 1 atom stereocenters. The summed E-state index contributed by atoms with van der Waals surface area (Å²) in [6.07, 6.45) is -1.55. The Morgan fingerprint density at radius 3 is 2.80 bits per heavy atom. The van der Waals surface area contributed by atoms with Crippen LogP contribution in [0.15, 0.2) is 18.2 Å². The van der Waals surface area contributed by atoms with Crippen molar-refractivity contribution in [2.75, 3.05) is 13.2 Å². The zero-order chi connectivity index (χ0) is 15.1. The molecular formula is C13H16ClNO5. The fraction of sp³-hybridized carbons (Fsp3) is 0.385. The standard InChI is InChI=1S/C13H16ClNO5/c1-8-2-3-9(14)11(6-8)20-7-12(17)15-5-4-10(16)13(18)19/h2-3,6,10,16H,4-5,7H2,1H3,(H,15,17)(H,18,19)/t10-/m0/s1. The van der Waals surface area contributed by atoms with E-state index in [9.17, 15) is 9.59 Å². The summed E-state index contributed by atoms with van der Waals surface area (Å²) in [5.74, 6) is -1.32. The van der Waals surface area contributed by atoms with Crippen LogP contribution in [0.25, 0.3) is 0 Å². The Balaban J connectivity index is 2.33. The minimum absolute atomic E-state index is 0.0528. The van der Waals surface area contributed by atoms with Gasteiger partial charge in [0.25, 0.3) is 5.91 Å². The number of carboxylic acids is 1. The van der Waals surface area contributed by atoms with Gasteiger partial charge in [-0.25, -0.2) is 4.79 Å². The minimum atomic E-state index is -1.48. The lowest BCUT2D eigenvalue weighted by Gasteiger charge is -2.10. The van der Waals surface area contributed by atoms with Crippen molar-refractivity contribution in [3.05, 3.63) is 28.8 Å². The lowest BCUT2D eigenvalue weighted by atomic mass is 10.2. The summed E-state index contributed by atoms with van der Waals surface area (Å²) in [6, 6.07) is 5.21. The van der Waals surface area contributed by atoms with Gasteiger partial charge in [0.1, 0.15) is 5.75 Å². The minimum Gasteiger partial charge on any atom is -0.482 e. The number of carbonyl (C=O) groups is 2. The van der Waals surface area contributed by atoms with Crippen LogP contribution < -0.4 is 10.1 Å². The molecule has 1 aromatic carbocycles. The molecular weight excluding hydrogens is 286 g/mol. The van der Waals surface area contributed by atoms with Crippen LogP contribution in [0.4, 0.5) is 0 Å². The van der Waals surface area contributed by atoms with E-state index in [2.05, 4.69) is 5.32 Å². The number of nitrogens with one attached hydrogen (secondary N) is 1. The van der Waals surface area contributed by atoms with E-state index in [4.69, 9.17) is 26.6 Å². The second-order valence-electron chi connectivity index (χ2n) is 4.22. The SMILES string of the molecule is Cc1ccc(Cl)c(OCC(=O)NCC[C@H](O)C(=O)O)c1. The van der Waals surface area contributed by atoms with Gasteiger partial charge >= 0.3 is 5.97 Å². The Morgan fingerprint density at radius 1 is 1.45 bits per heavy atom. The summed E-state index contributed by atoms with van der Waals surface area (Å²) in [6.45, 7) is 1.69. The van der Waals surface area contributed by atoms with Crippen LogP contribution in [0.5, 0.6) is 5.75 Å². The van der Waals surface area contributed by atoms with Gasteiger partial charge in [0.15, 0.2) is 12.7 Å². The third-order valence-corrected chi connectivity index (χ3v) is 2.78. The lowest BCUT2D eigenvalue weighted by Crippen LogP contribution is -2.33. The number of carboxylic acid groups (broad SMARTS) is 1. The van der Waals surface area contributed by atoms with Gasteiger partial charge in [-0.1, -0.05) is 17.7 Å². The molecule has 1 rings (SSSR count). The first-order valence-electron chi connectivity index (χ1n) is 5.96. The molecule has 0 spiro atoms. The van der Waals surface area contributed by atoms with E-state index < -0.39 is 18.0 Å². The summed E-state index contributed by atoms with van der Waals surface area (Å²) in [7, 11) is 0. The number of carbonyl (C=O) groups excluding carboxylic acids is 1. The van der Waals surface area contributed by atoms with Gasteiger partial charge in [0.2, 0.25) is 0 Å². The predicted molar refractivity (Wildman–Crippen MR) is 73.0 cm³/mol. The molecule has 3 N–H and O–H groups in total. The number of hydrogen-bond acceptors (Lipinski definition) is 4. The van der Waals surface area contributed by atoms with Crippen molar-refractivity contribution in [1.82, 2.24) is 5.32 Å². The number of benzene rings is 1. The molecule has 6 nitrogen and oxygen atoms in total. The summed E-state index contributed by atoms with van der Waals surface area (Å²) in [5.41, 5.74) is 0.953. The average molecular weight is 302 g/mol. The fourth-order valence-electron chi connectivity index (χ4n) is 1.39. The molecule has 1 aromatic rings. The van der Waals surface area contributed by atoms with Crippen LogP contribution in [-0.4, -0.2) is 41.3 Å². The largest absolute Gasteiger partial charge is 0.482 e. The molecule has 0 aliphatic heterocycles. The van der Waals surface area contributed by atoms with E-state index in [1.54, 1.807) is 12.1 Å². The van der Waals surface area contributed by atoms with Crippen LogP contribution in [0.1, 0.15) is 12.0 Å². The number of halogens is 1. The lowest BCUT2D eigenvalue weighted by molar-refractivity contribution is -0.147. The maximum absolute atomic E-state index is 11.5. The number of aliphatic hydroxyl groups excluding tert-OH is 1. The van der Waals surface area contributed by atoms with Gasteiger partial charge in [-0.15, -0.1) is 0 Å². The highest BCUT2D eigenvalue weighted by Gasteiger charge is 2.13. The third-order valence-electron chi connectivity index (χ3n) is 2.47. The van der Waals surface area contributed by atoms with Gasteiger partial charge in [-0.05, 0) is 24.6 Å². The number of hydrogen-bond donors (Lipinski definition) is 3. The van der Waals surface area contributed by atoms with E-state index in [0.717, 1.165) is 5.56 Å². The fourth-order valence-corrected chi connectivity index (χ4v) is 1.56. The number of aliphatic hydroxyl groups is 1. The molecule has 0 aromatic heterocycles. The second kappa shape index (κ2) is 7.72. The van der Waals surface area contributed by atoms with Crippen molar-refractivity contribution in [3.63, 3.8) is 0 Å². The zero-order valence-corrected chi connectivity index (χ0v) is 11.7. The van der Waals surface area contributed by atoms with Crippen LogP contribution in [0.3, 0.4) is 0 Å². The van der Waals surface area contributed by atoms with E-state index in [-0.39, 0.29) is 19.6 Å². The van der Waals surface area contributed by atoms with Crippen LogP contribution in [0.2, 0.25) is 5.02 Å². The number of ether oxygens (including phenoxy) is 1. The summed E-state index contributed by atoms with van der Waals surface area (Å²) < 4.78 is 5.26. The van der Waals surface area contributed by atoms with Crippen molar-refractivity contribution < 1.29 is 24.5 Å². The number of aliphatic carboxylic acids is 1. The maximum Gasteiger partial charge on any atom is 0.332 e. The quantitative estimate of drug-likeness (QED) is 0.697. The molecule has 110 valence electrons. The van der Waals surface area contributed by atoms with Gasteiger partial charge in [0, 0.05) is 13.0 Å².